The maximum absolute atomic E-state index is 13.0. The third kappa shape index (κ3) is 9.32. The number of ether oxygens (including phenoxy) is 4. The van der Waals surface area contributed by atoms with E-state index in [-0.39, 0.29) is 30.5 Å². The van der Waals surface area contributed by atoms with Crippen LogP contribution in [0.4, 0.5) is 0 Å². The van der Waals surface area contributed by atoms with Gasteiger partial charge in [-0.25, -0.2) is 9.59 Å². The third-order valence-electron chi connectivity index (χ3n) is 6.33. The molecule has 4 aromatic rings. The van der Waals surface area contributed by atoms with Crippen molar-refractivity contribution in [1.82, 2.24) is 0 Å². The Hall–Kier alpha value is -4.86. The lowest BCUT2D eigenvalue weighted by molar-refractivity contribution is -0.140. The van der Waals surface area contributed by atoms with Crippen molar-refractivity contribution in [1.29, 1.82) is 0 Å². The fraction of sp³-hybridized carbons (Fsp3) is 0.171. The highest BCUT2D eigenvalue weighted by Crippen LogP contribution is 2.29. The third-order valence-corrected chi connectivity index (χ3v) is 7.26. The van der Waals surface area contributed by atoms with Crippen LogP contribution in [0.1, 0.15) is 16.8 Å². The molecule has 9 heteroatoms. The van der Waals surface area contributed by atoms with Gasteiger partial charge in [-0.05, 0) is 82.2 Å². The summed E-state index contributed by atoms with van der Waals surface area (Å²) in [5.41, 5.74) is 2.64. The molecule has 0 aliphatic rings. The quantitative estimate of drug-likeness (QED) is 0.0705. The fourth-order valence-electron chi connectivity index (χ4n) is 4.01. The zero-order valence-corrected chi connectivity index (χ0v) is 24.8. The van der Waals surface area contributed by atoms with Crippen molar-refractivity contribution in [3.8, 4) is 22.6 Å². The van der Waals surface area contributed by atoms with Gasteiger partial charge < -0.3 is 24.1 Å². The number of rotatable bonds is 15. The first-order valence-corrected chi connectivity index (χ1v) is 14.6. The van der Waals surface area contributed by atoms with Crippen LogP contribution >= 0.6 is 11.8 Å². The molecule has 0 aliphatic carbocycles. The van der Waals surface area contributed by atoms with E-state index in [1.54, 1.807) is 6.07 Å². The second-order valence-corrected chi connectivity index (χ2v) is 10.5. The number of hydrogen-bond acceptors (Lipinski definition) is 9. The van der Waals surface area contributed by atoms with Gasteiger partial charge in [-0.15, -0.1) is 0 Å². The predicted molar refractivity (Wildman–Crippen MR) is 170 cm³/mol. The number of thioether (sulfide) groups is 1. The lowest BCUT2D eigenvalue weighted by Crippen LogP contribution is -2.12. The molecule has 0 amide bonds. The maximum atomic E-state index is 13.0. The molecule has 0 saturated carbocycles. The molecular weight excluding hydrogens is 580 g/mol. The molecule has 4 aromatic carbocycles. The van der Waals surface area contributed by atoms with Crippen LogP contribution in [0.5, 0.6) is 11.5 Å². The molecule has 8 nitrogen and oxygen atoms in total. The first-order chi connectivity index (χ1) is 21.4. The van der Waals surface area contributed by atoms with Gasteiger partial charge >= 0.3 is 11.9 Å². The highest BCUT2D eigenvalue weighted by atomic mass is 32.2. The van der Waals surface area contributed by atoms with E-state index >= 15 is 0 Å². The van der Waals surface area contributed by atoms with Gasteiger partial charge in [0, 0.05) is 23.0 Å². The van der Waals surface area contributed by atoms with Crippen LogP contribution in [0.15, 0.2) is 115 Å². The molecule has 0 spiro atoms. The minimum Gasteiger partial charge on any atom is -0.493 e. The van der Waals surface area contributed by atoms with Crippen LogP contribution in [-0.4, -0.2) is 55.2 Å². The van der Waals surface area contributed by atoms with Crippen LogP contribution in [0.3, 0.4) is 0 Å². The number of hydrogen-bond donors (Lipinski definition) is 1. The van der Waals surface area contributed by atoms with Gasteiger partial charge in [0.15, 0.2) is 0 Å². The van der Waals surface area contributed by atoms with E-state index in [1.807, 2.05) is 78.9 Å². The van der Waals surface area contributed by atoms with Crippen molar-refractivity contribution in [2.24, 2.45) is 0 Å². The Morgan fingerprint density at radius 1 is 0.727 bits per heavy atom. The lowest BCUT2D eigenvalue weighted by atomic mass is 10.1. The van der Waals surface area contributed by atoms with Crippen molar-refractivity contribution in [3.05, 3.63) is 115 Å². The zero-order valence-electron chi connectivity index (χ0n) is 24.0. The van der Waals surface area contributed by atoms with E-state index in [0.717, 1.165) is 32.9 Å². The minimum absolute atomic E-state index is 0.0239. The van der Waals surface area contributed by atoms with Crippen molar-refractivity contribution in [3.63, 3.8) is 0 Å². The van der Waals surface area contributed by atoms with Gasteiger partial charge in [-0.2, -0.15) is 0 Å². The van der Waals surface area contributed by atoms with Crippen LogP contribution in [0, 0.1) is 0 Å². The standard InChI is InChI=1S/C35H32O8S/c1-3-33(37)42-20-19-41-31-14-9-27-21-29(6-5-28(27)22-31)35(39)44-32-15-10-26(11-16-32)25-7-12-30(13-8-25)40-17-4-18-43-34(38)24(2)23-36/h3,5-16,21-22,36H,1-2,4,17-20,23H2. The SMILES string of the molecule is C=CC(=O)OCCOc1ccc2cc(C(=O)Sc3ccc(-c4ccc(OCCCOC(=O)C(=C)CO)cc4)cc3)ccc2c1. The highest BCUT2D eigenvalue weighted by molar-refractivity contribution is 8.14. The topological polar surface area (TPSA) is 108 Å². The maximum Gasteiger partial charge on any atom is 0.335 e. The molecule has 0 unspecified atom stereocenters. The molecule has 0 aliphatic heterocycles. The molecule has 1 N–H and O–H groups in total. The number of benzene rings is 4. The van der Waals surface area contributed by atoms with E-state index < -0.39 is 18.5 Å². The lowest BCUT2D eigenvalue weighted by Gasteiger charge is -2.09. The molecule has 0 bridgehead atoms. The summed E-state index contributed by atoms with van der Waals surface area (Å²) in [4.78, 5) is 36.4. The van der Waals surface area contributed by atoms with Crippen LogP contribution in [0.2, 0.25) is 0 Å². The zero-order chi connectivity index (χ0) is 31.3. The van der Waals surface area contributed by atoms with Gasteiger partial charge in [-0.1, -0.05) is 49.6 Å². The summed E-state index contributed by atoms with van der Waals surface area (Å²) in [6.45, 7) is 7.26. The number of esters is 2. The smallest absolute Gasteiger partial charge is 0.335 e. The summed E-state index contributed by atoms with van der Waals surface area (Å²) in [6, 6.07) is 26.6. The average Bonchev–Trinajstić information content (AvgIpc) is 3.06. The second kappa shape index (κ2) is 16.1. The van der Waals surface area contributed by atoms with E-state index in [9.17, 15) is 14.4 Å². The first kappa shape index (κ1) is 32.1. The van der Waals surface area contributed by atoms with Crippen molar-refractivity contribution >= 4 is 39.6 Å². The summed E-state index contributed by atoms with van der Waals surface area (Å²) in [7, 11) is 0. The first-order valence-electron chi connectivity index (χ1n) is 13.8. The van der Waals surface area contributed by atoms with Crippen LogP contribution < -0.4 is 9.47 Å². The number of aliphatic hydroxyl groups is 1. The molecule has 0 saturated heterocycles. The van der Waals surface area contributed by atoms with Gasteiger partial charge in [0.25, 0.3) is 0 Å². The van der Waals surface area contributed by atoms with Crippen molar-refractivity contribution in [2.45, 2.75) is 11.3 Å². The number of aliphatic hydroxyl groups excluding tert-OH is 1. The van der Waals surface area contributed by atoms with Crippen LogP contribution in [-0.2, 0) is 19.1 Å². The molecule has 0 radical (unpaired) electrons. The normalized spacial score (nSPS) is 10.6. The monoisotopic (exact) mass is 612 g/mol. The van der Waals surface area contributed by atoms with E-state index in [2.05, 4.69) is 13.2 Å². The van der Waals surface area contributed by atoms with Gasteiger partial charge in [0.1, 0.15) is 24.7 Å². The fourth-order valence-corrected chi connectivity index (χ4v) is 4.74. The second-order valence-electron chi connectivity index (χ2n) is 9.48. The molecule has 44 heavy (non-hydrogen) atoms. The molecule has 4 rings (SSSR count). The number of carbonyl (C=O) groups excluding carboxylic acids is 3. The average molecular weight is 613 g/mol. The van der Waals surface area contributed by atoms with E-state index in [4.69, 9.17) is 24.1 Å². The highest BCUT2D eigenvalue weighted by Gasteiger charge is 2.11. The van der Waals surface area contributed by atoms with Crippen molar-refractivity contribution < 1.29 is 38.4 Å². The van der Waals surface area contributed by atoms with Crippen molar-refractivity contribution in [2.75, 3.05) is 33.0 Å². The minimum atomic E-state index is -0.607. The molecule has 226 valence electrons. The predicted octanol–water partition coefficient (Wildman–Crippen LogP) is 6.41. The Kier molecular flexibility index (Phi) is 11.7. The molecular formula is C35H32O8S. The van der Waals surface area contributed by atoms with Gasteiger partial charge in [0.2, 0.25) is 5.12 Å². The summed E-state index contributed by atoms with van der Waals surface area (Å²) < 4.78 is 21.3. The largest absolute Gasteiger partial charge is 0.493 e. The molecule has 0 aromatic heterocycles. The van der Waals surface area contributed by atoms with Crippen LogP contribution in [0.25, 0.3) is 21.9 Å². The Bertz CT molecular complexity index is 1630. The van der Waals surface area contributed by atoms with Gasteiger partial charge in [-0.3, -0.25) is 4.79 Å². The Balaban J connectivity index is 1.26. The number of fused-ring (bicyclic) bond motifs is 1. The van der Waals surface area contributed by atoms with Gasteiger partial charge in [0.05, 0.1) is 25.4 Å². The Morgan fingerprint density at radius 2 is 1.36 bits per heavy atom. The summed E-state index contributed by atoms with van der Waals surface area (Å²) in [5, 5.41) is 10.7. The van der Waals surface area contributed by atoms with E-state index in [1.165, 1.54) is 11.8 Å². The number of carbonyl (C=O) groups is 3. The molecule has 0 atom stereocenters. The Morgan fingerprint density at radius 3 is 2.07 bits per heavy atom. The van der Waals surface area contributed by atoms with E-state index in [0.29, 0.717) is 30.1 Å². The summed E-state index contributed by atoms with van der Waals surface area (Å²) >= 11 is 1.17. The summed E-state index contributed by atoms with van der Waals surface area (Å²) in [6.07, 6.45) is 1.62. The molecule has 0 heterocycles. The Labute approximate surface area is 259 Å². The molecule has 0 fully saturated rings. The summed E-state index contributed by atoms with van der Waals surface area (Å²) in [5.74, 6) is 0.243.